The number of hydrogen-bond donors (Lipinski definition) is 1. The number of rotatable bonds is 6. The van der Waals surface area contributed by atoms with Gasteiger partial charge in [0.25, 0.3) is 0 Å². The van der Waals surface area contributed by atoms with Gasteiger partial charge in [0, 0.05) is 13.0 Å². The van der Waals surface area contributed by atoms with Gasteiger partial charge >= 0.3 is 5.97 Å². The van der Waals surface area contributed by atoms with Crippen LogP contribution in [0.1, 0.15) is 25.7 Å². The van der Waals surface area contributed by atoms with Crippen LogP contribution in [-0.2, 0) is 19.1 Å². The molecule has 0 spiro atoms. The third-order valence-corrected chi connectivity index (χ3v) is 2.92. The van der Waals surface area contributed by atoms with Crippen molar-refractivity contribution in [3.63, 3.8) is 0 Å². The molecular formula is C13H19NO4. The first kappa shape index (κ1) is 14.5. The molecule has 1 aliphatic heterocycles. The molecule has 0 unspecified atom stereocenters. The van der Waals surface area contributed by atoms with E-state index in [1.54, 1.807) is 0 Å². The molecule has 1 N–H and O–H groups in total. The third-order valence-electron chi connectivity index (χ3n) is 2.92. The van der Waals surface area contributed by atoms with Crippen LogP contribution >= 0.6 is 0 Å². The monoisotopic (exact) mass is 253 g/mol. The maximum atomic E-state index is 11.9. The number of unbranched alkanes of at least 4 members (excludes halogenated alkanes) is 1. The summed E-state index contributed by atoms with van der Waals surface area (Å²) in [5.41, 5.74) is 0. The predicted molar refractivity (Wildman–Crippen MR) is 65.6 cm³/mol. The fourth-order valence-corrected chi connectivity index (χ4v) is 1.83. The Hall–Kier alpha value is -1.54. The zero-order valence-electron chi connectivity index (χ0n) is 10.6. The fraction of sp³-hybridized carbons (Fsp3) is 0.692. The average molecular weight is 253 g/mol. The van der Waals surface area contributed by atoms with Crippen LogP contribution in [0.5, 0.6) is 0 Å². The van der Waals surface area contributed by atoms with E-state index < -0.39 is 12.0 Å². The molecule has 0 aromatic carbocycles. The molecule has 1 heterocycles. The summed E-state index contributed by atoms with van der Waals surface area (Å²) in [5, 5.41) is 2.71. The van der Waals surface area contributed by atoms with Crippen LogP contribution < -0.4 is 5.32 Å². The van der Waals surface area contributed by atoms with E-state index in [1.807, 2.05) is 0 Å². The third kappa shape index (κ3) is 4.38. The molecule has 5 nitrogen and oxygen atoms in total. The van der Waals surface area contributed by atoms with E-state index in [9.17, 15) is 9.59 Å². The van der Waals surface area contributed by atoms with E-state index in [0.29, 0.717) is 38.9 Å². The Bertz CT molecular complexity index is 328. The number of ether oxygens (including phenoxy) is 2. The number of hydrogen-bond acceptors (Lipinski definition) is 4. The van der Waals surface area contributed by atoms with Crippen LogP contribution in [0.3, 0.4) is 0 Å². The number of carbonyl (C=O) groups is 2. The number of esters is 1. The van der Waals surface area contributed by atoms with Crippen molar-refractivity contribution in [3.05, 3.63) is 0 Å². The molecule has 2 atom stereocenters. The molecule has 1 amide bonds. The zero-order valence-corrected chi connectivity index (χ0v) is 10.6. The van der Waals surface area contributed by atoms with E-state index in [-0.39, 0.29) is 11.8 Å². The lowest BCUT2D eigenvalue weighted by atomic mass is 10.1. The minimum atomic E-state index is -0.614. The van der Waals surface area contributed by atoms with E-state index in [2.05, 4.69) is 16.0 Å². The van der Waals surface area contributed by atoms with Crippen molar-refractivity contribution in [1.29, 1.82) is 0 Å². The number of methoxy groups -OCH3 is 1. The smallest absolute Gasteiger partial charge is 0.328 e. The summed E-state index contributed by atoms with van der Waals surface area (Å²) in [4.78, 5) is 23.4. The van der Waals surface area contributed by atoms with E-state index in [1.165, 1.54) is 7.11 Å². The SMILES string of the molecule is C#CCCC[C@@H](NC(=O)[C@H]1CCOC1)C(=O)OC. The maximum Gasteiger partial charge on any atom is 0.328 e. The molecule has 0 bridgehead atoms. The molecule has 1 rings (SSSR count). The van der Waals surface area contributed by atoms with Crippen molar-refractivity contribution >= 4 is 11.9 Å². The first-order valence-electron chi connectivity index (χ1n) is 6.08. The first-order valence-corrected chi connectivity index (χ1v) is 6.08. The second kappa shape index (κ2) is 7.72. The van der Waals surface area contributed by atoms with Crippen LogP contribution in [0.4, 0.5) is 0 Å². The highest BCUT2D eigenvalue weighted by Crippen LogP contribution is 2.13. The molecule has 1 fully saturated rings. The predicted octanol–water partition coefficient (Wildman–Crippen LogP) is 0.484. The van der Waals surface area contributed by atoms with Gasteiger partial charge in [-0.1, -0.05) is 0 Å². The normalized spacial score (nSPS) is 19.9. The lowest BCUT2D eigenvalue weighted by molar-refractivity contribution is -0.145. The molecule has 18 heavy (non-hydrogen) atoms. The quantitative estimate of drug-likeness (QED) is 0.425. The number of amides is 1. The zero-order chi connectivity index (χ0) is 13.4. The minimum absolute atomic E-state index is 0.149. The molecule has 1 aliphatic rings. The summed E-state index contributed by atoms with van der Waals surface area (Å²) in [7, 11) is 1.31. The highest BCUT2D eigenvalue weighted by atomic mass is 16.5. The highest BCUT2D eigenvalue weighted by molar-refractivity contribution is 5.85. The summed E-state index contributed by atoms with van der Waals surface area (Å²) >= 11 is 0. The number of carbonyl (C=O) groups excluding carboxylic acids is 2. The van der Waals surface area contributed by atoms with Crippen molar-refractivity contribution in [2.24, 2.45) is 5.92 Å². The molecule has 0 aromatic heterocycles. The van der Waals surface area contributed by atoms with Crippen molar-refractivity contribution in [2.75, 3.05) is 20.3 Å². The van der Waals surface area contributed by atoms with Gasteiger partial charge in [0.2, 0.25) is 5.91 Å². The summed E-state index contributed by atoms with van der Waals surface area (Å²) in [6, 6.07) is -0.614. The molecule has 0 saturated carbocycles. The second-order valence-corrected chi connectivity index (χ2v) is 4.24. The largest absolute Gasteiger partial charge is 0.467 e. The van der Waals surface area contributed by atoms with Gasteiger partial charge < -0.3 is 14.8 Å². The Balaban J connectivity index is 2.46. The molecule has 1 saturated heterocycles. The van der Waals surface area contributed by atoms with Crippen molar-refractivity contribution in [1.82, 2.24) is 5.32 Å². The van der Waals surface area contributed by atoms with E-state index in [0.717, 1.165) is 0 Å². The Kier molecular flexibility index (Phi) is 6.23. The van der Waals surface area contributed by atoms with Gasteiger partial charge in [-0.2, -0.15) is 0 Å². The number of terminal acetylenes is 1. The molecule has 0 aromatic rings. The highest BCUT2D eigenvalue weighted by Gasteiger charge is 2.28. The molecule has 0 radical (unpaired) electrons. The van der Waals surface area contributed by atoms with E-state index >= 15 is 0 Å². The summed E-state index contributed by atoms with van der Waals surface area (Å²) in [5.74, 6) is 1.76. The lowest BCUT2D eigenvalue weighted by Gasteiger charge is -2.17. The van der Waals surface area contributed by atoms with Gasteiger partial charge in [0.15, 0.2) is 0 Å². The number of nitrogens with one attached hydrogen (secondary N) is 1. The van der Waals surface area contributed by atoms with Crippen LogP contribution in [0, 0.1) is 18.3 Å². The van der Waals surface area contributed by atoms with Crippen molar-refractivity contribution in [3.8, 4) is 12.3 Å². The Morgan fingerprint density at radius 2 is 2.39 bits per heavy atom. The van der Waals surface area contributed by atoms with Crippen molar-refractivity contribution < 1.29 is 19.1 Å². The Labute approximate surface area is 107 Å². The van der Waals surface area contributed by atoms with Gasteiger partial charge in [-0.05, 0) is 19.3 Å². The Morgan fingerprint density at radius 1 is 1.61 bits per heavy atom. The Morgan fingerprint density at radius 3 is 2.94 bits per heavy atom. The van der Waals surface area contributed by atoms with Gasteiger partial charge in [0.1, 0.15) is 6.04 Å². The minimum Gasteiger partial charge on any atom is -0.467 e. The average Bonchev–Trinajstić information content (AvgIpc) is 2.90. The summed E-state index contributed by atoms with van der Waals surface area (Å²) in [6.45, 7) is 1.02. The topological polar surface area (TPSA) is 64.6 Å². The lowest BCUT2D eigenvalue weighted by Crippen LogP contribution is -2.44. The molecule has 5 heteroatoms. The van der Waals surface area contributed by atoms with Crippen LogP contribution in [0.25, 0.3) is 0 Å². The van der Waals surface area contributed by atoms with Gasteiger partial charge in [-0.25, -0.2) is 4.79 Å². The van der Waals surface area contributed by atoms with Crippen molar-refractivity contribution in [2.45, 2.75) is 31.7 Å². The second-order valence-electron chi connectivity index (χ2n) is 4.24. The summed E-state index contributed by atoms with van der Waals surface area (Å²) < 4.78 is 9.81. The van der Waals surface area contributed by atoms with E-state index in [4.69, 9.17) is 11.2 Å². The van der Waals surface area contributed by atoms with Gasteiger partial charge in [-0.15, -0.1) is 12.3 Å². The fourth-order valence-electron chi connectivity index (χ4n) is 1.83. The molecule has 0 aliphatic carbocycles. The maximum absolute atomic E-state index is 11.9. The summed E-state index contributed by atoms with van der Waals surface area (Å²) in [6.07, 6.45) is 7.61. The standard InChI is InChI=1S/C13H19NO4/c1-3-4-5-6-11(13(16)17-2)14-12(15)10-7-8-18-9-10/h1,10-11H,4-9H2,2H3,(H,14,15)/t10-,11+/m0/s1. The molecular weight excluding hydrogens is 234 g/mol. The van der Waals surface area contributed by atoms with Crippen LogP contribution in [-0.4, -0.2) is 38.2 Å². The first-order chi connectivity index (χ1) is 8.69. The van der Waals surface area contributed by atoms with Gasteiger partial charge in [-0.3, -0.25) is 4.79 Å². The van der Waals surface area contributed by atoms with Crippen LogP contribution in [0.15, 0.2) is 0 Å². The van der Waals surface area contributed by atoms with Gasteiger partial charge in [0.05, 0.1) is 19.6 Å². The van der Waals surface area contributed by atoms with Crippen LogP contribution in [0.2, 0.25) is 0 Å². The molecule has 100 valence electrons.